The van der Waals surface area contributed by atoms with Crippen molar-refractivity contribution < 1.29 is 9.84 Å². The van der Waals surface area contributed by atoms with E-state index in [4.69, 9.17) is 27.9 Å². The second-order valence-electron chi connectivity index (χ2n) is 5.74. The molecule has 1 aromatic carbocycles. The quantitative estimate of drug-likeness (QED) is 0.845. The summed E-state index contributed by atoms with van der Waals surface area (Å²) in [5, 5.41) is 11.8. The van der Waals surface area contributed by atoms with Gasteiger partial charge in [0.25, 0.3) is 0 Å². The Bertz CT molecular complexity index is 460. The van der Waals surface area contributed by atoms with Crippen LogP contribution in [0.2, 0.25) is 10.0 Å². The third kappa shape index (κ3) is 3.14. The molecule has 0 aliphatic heterocycles. The molecule has 2 rings (SSSR count). The standard InChI is InChI=1S/C16H22Cl2O2/c1-3-20-16(9-5-6-11(2)10-16)15(19)12-7-4-8-13(17)14(12)18/h4,7-8,11,15,19H,3,5-6,9-10H2,1-2H3. The van der Waals surface area contributed by atoms with Crippen molar-refractivity contribution in [1.82, 2.24) is 0 Å². The lowest BCUT2D eigenvalue weighted by atomic mass is 9.74. The summed E-state index contributed by atoms with van der Waals surface area (Å²) >= 11 is 12.3. The topological polar surface area (TPSA) is 29.5 Å². The fraction of sp³-hybridized carbons (Fsp3) is 0.625. The Kier molecular flexibility index (Phi) is 5.36. The molecule has 2 nitrogen and oxygen atoms in total. The van der Waals surface area contributed by atoms with Gasteiger partial charge in [-0.05, 0) is 31.7 Å². The van der Waals surface area contributed by atoms with Crippen LogP contribution in [-0.4, -0.2) is 17.3 Å². The minimum absolute atomic E-state index is 0.430. The largest absolute Gasteiger partial charge is 0.385 e. The fourth-order valence-electron chi connectivity index (χ4n) is 3.30. The molecule has 1 aromatic rings. The van der Waals surface area contributed by atoms with Crippen molar-refractivity contribution in [1.29, 1.82) is 0 Å². The van der Waals surface area contributed by atoms with E-state index >= 15 is 0 Å². The average molecular weight is 317 g/mol. The minimum atomic E-state index is -0.739. The molecular weight excluding hydrogens is 295 g/mol. The fourth-order valence-corrected chi connectivity index (χ4v) is 3.72. The van der Waals surface area contributed by atoms with Gasteiger partial charge in [0.1, 0.15) is 6.10 Å². The van der Waals surface area contributed by atoms with Gasteiger partial charge in [-0.2, -0.15) is 0 Å². The Morgan fingerprint density at radius 2 is 2.20 bits per heavy atom. The number of rotatable bonds is 4. The van der Waals surface area contributed by atoms with Gasteiger partial charge >= 0.3 is 0 Å². The maximum absolute atomic E-state index is 10.9. The molecule has 3 unspecified atom stereocenters. The lowest BCUT2D eigenvalue weighted by molar-refractivity contribution is -0.149. The molecule has 0 bridgehead atoms. The normalized spacial score (nSPS) is 28.4. The molecule has 0 spiro atoms. The van der Waals surface area contributed by atoms with Crippen molar-refractivity contribution in [3.63, 3.8) is 0 Å². The van der Waals surface area contributed by atoms with Gasteiger partial charge in [-0.1, -0.05) is 55.1 Å². The van der Waals surface area contributed by atoms with Crippen LogP contribution in [-0.2, 0) is 4.74 Å². The summed E-state index contributed by atoms with van der Waals surface area (Å²) < 4.78 is 6.00. The van der Waals surface area contributed by atoms with Gasteiger partial charge in [-0.25, -0.2) is 0 Å². The van der Waals surface area contributed by atoms with Crippen molar-refractivity contribution >= 4 is 23.2 Å². The Hall–Kier alpha value is -0.280. The lowest BCUT2D eigenvalue weighted by Gasteiger charge is -2.43. The lowest BCUT2D eigenvalue weighted by Crippen LogP contribution is -2.43. The van der Waals surface area contributed by atoms with E-state index < -0.39 is 11.7 Å². The van der Waals surface area contributed by atoms with Crippen LogP contribution in [0, 0.1) is 5.92 Å². The molecule has 20 heavy (non-hydrogen) atoms. The number of hydrogen-bond donors (Lipinski definition) is 1. The van der Waals surface area contributed by atoms with E-state index in [1.807, 2.05) is 19.1 Å². The Morgan fingerprint density at radius 1 is 1.45 bits per heavy atom. The second kappa shape index (κ2) is 6.65. The van der Waals surface area contributed by atoms with Crippen LogP contribution < -0.4 is 0 Å². The van der Waals surface area contributed by atoms with Gasteiger partial charge in [0.05, 0.1) is 15.6 Å². The predicted octanol–water partition coefficient (Wildman–Crippen LogP) is 5.01. The number of benzene rings is 1. The van der Waals surface area contributed by atoms with E-state index in [0.717, 1.165) is 19.3 Å². The first-order valence-electron chi connectivity index (χ1n) is 7.26. The molecule has 0 amide bonds. The predicted molar refractivity (Wildman–Crippen MR) is 83.4 cm³/mol. The molecule has 0 radical (unpaired) electrons. The van der Waals surface area contributed by atoms with E-state index in [1.165, 1.54) is 6.42 Å². The third-order valence-electron chi connectivity index (χ3n) is 4.20. The molecule has 3 atom stereocenters. The molecule has 0 saturated heterocycles. The Balaban J connectivity index is 2.35. The highest BCUT2D eigenvalue weighted by Crippen LogP contribution is 2.45. The molecule has 1 fully saturated rings. The zero-order chi connectivity index (χ0) is 14.8. The first-order valence-corrected chi connectivity index (χ1v) is 8.01. The first-order chi connectivity index (χ1) is 9.50. The van der Waals surface area contributed by atoms with E-state index in [1.54, 1.807) is 6.07 Å². The summed E-state index contributed by atoms with van der Waals surface area (Å²) in [5.74, 6) is 0.544. The van der Waals surface area contributed by atoms with Crippen LogP contribution in [0.3, 0.4) is 0 Å². The zero-order valence-corrected chi connectivity index (χ0v) is 13.5. The average Bonchev–Trinajstić information content (AvgIpc) is 2.41. The highest BCUT2D eigenvalue weighted by Gasteiger charge is 2.43. The minimum Gasteiger partial charge on any atom is -0.385 e. The smallest absolute Gasteiger partial charge is 0.109 e. The molecule has 1 aliphatic carbocycles. The van der Waals surface area contributed by atoms with Gasteiger partial charge in [-0.15, -0.1) is 0 Å². The van der Waals surface area contributed by atoms with Crippen molar-refractivity contribution in [3.8, 4) is 0 Å². The Morgan fingerprint density at radius 3 is 2.85 bits per heavy atom. The molecule has 1 saturated carbocycles. The highest BCUT2D eigenvalue weighted by molar-refractivity contribution is 6.42. The summed E-state index contributed by atoms with van der Waals surface area (Å²) in [7, 11) is 0. The molecule has 0 heterocycles. The van der Waals surface area contributed by atoms with E-state index in [0.29, 0.717) is 28.1 Å². The molecule has 112 valence electrons. The number of halogens is 2. The van der Waals surface area contributed by atoms with Crippen molar-refractivity contribution in [2.45, 2.75) is 51.2 Å². The zero-order valence-electron chi connectivity index (χ0n) is 12.0. The van der Waals surface area contributed by atoms with E-state index in [-0.39, 0.29) is 0 Å². The monoisotopic (exact) mass is 316 g/mol. The van der Waals surface area contributed by atoms with Gasteiger partial charge in [-0.3, -0.25) is 0 Å². The molecule has 0 aromatic heterocycles. The maximum Gasteiger partial charge on any atom is 0.109 e. The van der Waals surface area contributed by atoms with E-state index in [9.17, 15) is 5.11 Å². The van der Waals surface area contributed by atoms with Crippen LogP contribution in [0.25, 0.3) is 0 Å². The first kappa shape index (κ1) is 16.1. The van der Waals surface area contributed by atoms with Crippen LogP contribution in [0.5, 0.6) is 0 Å². The van der Waals surface area contributed by atoms with Gasteiger partial charge in [0.15, 0.2) is 0 Å². The van der Waals surface area contributed by atoms with E-state index in [2.05, 4.69) is 6.92 Å². The molecule has 1 N–H and O–H groups in total. The molecule has 4 heteroatoms. The highest BCUT2D eigenvalue weighted by atomic mass is 35.5. The summed E-state index contributed by atoms with van der Waals surface area (Å²) in [6.07, 6.45) is 3.22. The number of aliphatic hydroxyl groups excluding tert-OH is 1. The van der Waals surface area contributed by atoms with Gasteiger partial charge in [0.2, 0.25) is 0 Å². The summed E-state index contributed by atoms with van der Waals surface area (Å²) in [6, 6.07) is 5.38. The van der Waals surface area contributed by atoms with Crippen molar-refractivity contribution in [2.24, 2.45) is 5.92 Å². The van der Waals surface area contributed by atoms with Gasteiger partial charge in [0, 0.05) is 12.2 Å². The summed E-state index contributed by atoms with van der Waals surface area (Å²) in [4.78, 5) is 0. The summed E-state index contributed by atoms with van der Waals surface area (Å²) in [5.41, 5.74) is 0.127. The molecule has 1 aliphatic rings. The molecular formula is C16H22Cl2O2. The van der Waals surface area contributed by atoms with Crippen molar-refractivity contribution in [3.05, 3.63) is 33.8 Å². The number of ether oxygens (including phenoxy) is 1. The second-order valence-corrected chi connectivity index (χ2v) is 6.53. The van der Waals surface area contributed by atoms with Crippen molar-refractivity contribution in [2.75, 3.05) is 6.61 Å². The van der Waals surface area contributed by atoms with Gasteiger partial charge < -0.3 is 9.84 Å². The SMILES string of the molecule is CCOC1(C(O)c2cccc(Cl)c2Cl)CCCC(C)C1. The van der Waals surface area contributed by atoms with Crippen LogP contribution >= 0.6 is 23.2 Å². The maximum atomic E-state index is 10.9. The number of hydrogen-bond acceptors (Lipinski definition) is 2. The van der Waals surface area contributed by atoms with Crippen LogP contribution in [0.1, 0.15) is 51.2 Å². The van der Waals surface area contributed by atoms with Crippen LogP contribution in [0.15, 0.2) is 18.2 Å². The third-order valence-corrected chi connectivity index (χ3v) is 5.03. The van der Waals surface area contributed by atoms with Crippen LogP contribution in [0.4, 0.5) is 0 Å². The number of aliphatic hydroxyl groups is 1. The summed E-state index contributed by atoms with van der Waals surface area (Å²) in [6.45, 7) is 4.76. The Labute approximate surface area is 131 Å².